The summed E-state index contributed by atoms with van der Waals surface area (Å²) < 4.78 is 23.3. The number of hydrogen-bond donors (Lipinski definition) is 2. The van der Waals surface area contributed by atoms with Gasteiger partial charge in [0.2, 0.25) is 0 Å². The average Bonchev–Trinajstić information content (AvgIpc) is 3.13. The van der Waals surface area contributed by atoms with Gasteiger partial charge in [0.15, 0.2) is 12.6 Å². The van der Waals surface area contributed by atoms with Gasteiger partial charge >= 0.3 is 0 Å². The van der Waals surface area contributed by atoms with Crippen LogP contribution in [0.1, 0.15) is 23.7 Å². The third kappa shape index (κ3) is 4.35. The van der Waals surface area contributed by atoms with Crippen molar-refractivity contribution in [2.45, 2.75) is 37.0 Å². The maximum absolute atomic E-state index is 10.6. The summed E-state index contributed by atoms with van der Waals surface area (Å²) in [6.45, 7) is 0.133. The van der Waals surface area contributed by atoms with Crippen LogP contribution in [0.3, 0.4) is 0 Å². The molecule has 28 heavy (non-hydrogen) atoms. The molecule has 4 rings (SSSR count). The van der Waals surface area contributed by atoms with Crippen LogP contribution in [0.4, 0.5) is 0 Å². The van der Waals surface area contributed by atoms with E-state index in [1.54, 1.807) is 36.4 Å². The molecule has 0 bridgehead atoms. The summed E-state index contributed by atoms with van der Waals surface area (Å²) in [6.07, 6.45) is -5.09. The molecule has 2 aliphatic rings. The Hall–Kier alpha value is -1.22. The van der Waals surface area contributed by atoms with E-state index in [0.717, 1.165) is 11.1 Å². The fraction of sp³-hybridized carbons (Fsp3) is 0.400. The SMILES string of the molecule is O[C@@H]1[C@H]([C@@H]2COC(c3ccc(Cl)cc3)O2)OC(c2ccc(Cl)cc2)OC[C@H]1O. The largest absolute Gasteiger partial charge is 0.388 e. The molecule has 0 aromatic heterocycles. The highest BCUT2D eigenvalue weighted by molar-refractivity contribution is 6.30. The fourth-order valence-electron chi connectivity index (χ4n) is 3.25. The van der Waals surface area contributed by atoms with Gasteiger partial charge in [-0.05, 0) is 24.3 Å². The van der Waals surface area contributed by atoms with E-state index in [9.17, 15) is 10.2 Å². The lowest BCUT2D eigenvalue weighted by Crippen LogP contribution is -2.46. The predicted octanol–water partition coefficient (Wildman–Crippen LogP) is 3.24. The third-order valence-electron chi connectivity index (χ3n) is 4.79. The van der Waals surface area contributed by atoms with Gasteiger partial charge in [-0.15, -0.1) is 0 Å². The monoisotopic (exact) mass is 426 g/mol. The summed E-state index contributed by atoms with van der Waals surface area (Å²) in [4.78, 5) is 0. The highest BCUT2D eigenvalue weighted by atomic mass is 35.5. The van der Waals surface area contributed by atoms with E-state index in [2.05, 4.69) is 0 Å². The summed E-state index contributed by atoms with van der Waals surface area (Å²) in [6, 6.07) is 14.1. The second-order valence-electron chi connectivity index (χ2n) is 6.77. The number of aliphatic hydroxyl groups excluding tert-OH is 2. The average molecular weight is 427 g/mol. The van der Waals surface area contributed by atoms with Crippen LogP contribution < -0.4 is 0 Å². The molecule has 0 amide bonds. The maximum atomic E-state index is 10.6. The van der Waals surface area contributed by atoms with Crippen molar-refractivity contribution in [2.75, 3.05) is 13.2 Å². The molecule has 6 nitrogen and oxygen atoms in total. The minimum absolute atomic E-state index is 0.0703. The Morgan fingerprint density at radius 3 is 1.79 bits per heavy atom. The van der Waals surface area contributed by atoms with Crippen molar-refractivity contribution in [1.29, 1.82) is 0 Å². The van der Waals surface area contributed by atoms with E-state index in [-0.39, 0.29) is 13.2 Å². The third-order valence-corrected chi connectivity index (χ3v) is 5.29. The van der Waals surface area contributed by atoms with Crippen LogP contribution in [0.5, 0.6) is 0 Å². The van der Waals surface area contributed by atoms with Crippen LogP contribution in [0.15, 0.2) is 48.5 Å². The summed E-state index contributed by atoms with van der Waals surface area (Å²) in [5, 5.41) is 22.0. The summed E-state index contributed by atoms with van der Waals surface area (Å²) in [5.41, 5.74) is 1.53. The zero-order valence-electron chi connectivity index (χ0n) is 14.8. The van der Waals surface area contributed by atoms with Crippen LogP contribution in [0.2, 0.25) is 10.0 Å². The topological polar surface area (TPSA) is 77.4 Å². The van der Waals surface area contributed by atoms with Crippen molar-refractivity contribution < 1.29 is 29.2 Å². The molecule has 6 atom stereocenters. The van der Waals surface area contributed by atoms with E-state index >= 15 is 0 Å². The lowest BCUT2D eigenvalue weighted by Gasteiger charge is -2.28. The highest BCUT2D eigenvalue weighted by Crippen LogP contribution is 2.35. The molecule has 2 aromatic carbocycles. The summed E-state index contributed by atoms with van der Waals surface area (Å²) >= 11 is 11.9. The number of ether oxygens (including phenoxy) is 4. The van der Waals surface area contributed by atoms with Gasteiger partial charge in [0, 0.05) is 21.2 Å². The van der Waals surface area contributed by atoms with Gasteiger partial charge < -0.3 is 29.2 Å². The lowest BCUT2D eigenvalue weighted by atomic mass is 10.0. The number of benzene rings is 2. The van der Waals surface area contributed by atoms with Gasteiger partial charge in [0.1, 0.15) is 24.4 Å². The maximum Gasteiger partial charge on any atom is 0.184 e. The second kappa shape index (κ2) is 8.65. The zero-order chi connectivity index (χ0) is 19.7. The Balaban J connectivity index is 1.51. The molecular weight excluding hydrogens is 407 g/mol. The second-order valence-corrected chi connectivity index (χ2v) is 7.64. The smallest absolute Gasteiger partial charge is 0.184 e. The molecule has 8 heteroatoms. The number of hydrogen-bond acceptors (Lipinski definition) is 6. The molecule has 2 heterocycles. The van der Waals surface area contributed by atoms with Gasteiger partial charge in [-0.3, -0.25) is 0 Å². The van der Waals surface area contributed by atoms with Crippen molar-refractivity contribution in [3.63, 3.8) is 0 Å². The van der Waals surface area contributed by atoms with Gasteiger partial charge in [0.25, 0.3) is 0 Å². The lowest BCUT2D eigenvalue weighted by molar-refractivity contribution is -0.200. The van der Waals surface area contributed by atoms with E-state index < -0.39 is 37.0 Å². The van der Waals surface area contributed by atoms with Crippen LogP contribution in [-0.2, 0) is 18.9 Å². The summed E-state index contributed by atoms with van der Waals surface area (Å²) in [5.74, 6) is 0. The Morgan fingerprint density at radius 2 is 1.21 bits per heavy atom. The first-order chi connectivity index (χ1) is 13.5. The minimum Gasteiger partial charge on any atom is -0.388 e. The summed E-state index contributed by atoms with van der Waals surface area (Å²) in [7, 11) is 0. The minimum atomic E-state index is -1.19. The predicted molar refractivity (Wildman–Crippen MR) is 102 cm³/mol. The van der Waals surface area contributed by atoms with E-state index in [0.29, 0.717) is 10.0 Å². The molecule has 0 radical (unpaired) electrons. The number of halogens is 2. The van der Waals surface area contributed by atoms with E-state index in [1.807, 2.05) is 12.1 Å². The molecule has 2 unspecified atom stereocenters. The first kappa shape index (κ1) is 20.1. The number of rotatable bonds is 3. The van der Waals surface area contributed by atoms with Crippen molar-refractivity contribution in [3.8, 4) is 0 Å². The first-order valence-corrected chi connectivity index (χ1v) is 9.68. The quantitative estimate of drug-likeness (QED) is 0.784. The van der Waals surface area contributed by atoms with Crippen molar-refractivity contribution >= 4 is 23.2 Å². The molecule has 0 aliphatic carbocycles. The Morgan fingerprint density at radius 1 is 0.714 bits per heavy atom. The molecule has 2 fully saturated rings. The fourth-order valence-corrected chi connectivity index (χ4v) is 3.51. The molecule has 2 aliphatic heterocycles. The van der Waals surface area contributed by atoms with Gasteiger partial charge in [-0.1, -0.05) is 47.5 Å². The number of aliphatic hydroxyl groups is 2. The molecule has 0 saturated carbocycles. The standard InChI is InChI=1S/C20H20Cl2O6/c21-13-5-1-11(2-6-13)19-26-10-16(27-19)18-17(24)15(23)9-25-20(28-18)12-3-7-14(22)8-4-12/h1-8,15-20,23-24H,9-10H2/t15-,16+,17+,18+,19?,20?/m1/s1. The van der Waals surface area contributed by atoms with Crippen molar-refractivity contribution in [3.05, 3.63) is 69.7 Å². The van der Waals surface area contributed by atoms with E-state index in [1.165, 1.54) is 0 Å². The Bertz CT molecular complexity index is 784. The van der Waals surface area contributed by atoms with Gasteiger partial charge in [-0.25, -0.2) is 0 Å². The van der Waals surface area contributed by atoms with Crippen molar-refractivity contribution in [1.82, 2.24) is 0 Å². The van der Waals surface area contributed by atoms with Crippen LogP contribution in [0, 0.1) is 0 Å². The molecule has 2 saturated heterocycles. The van der Waals surface area contributed by atoms with Gasteiger partial charge in [-0.2, -0.15) is 0 Å². The molecule has 150 valence electrons. The van der Waals surface area contributed by atoms with Crippen LogP contribution in [-0.4, -0.2) is 47.8 Å². The highest BCUT2D eigenvalue weighted by Gasteiger charge is 2.43. The molecule has 2 aromatic rings. The van der Waals surface area contributed by atoms with Gasteiger partial charge in [0.05, 0.1) is 13.2 Å². The van der Waals surface area contributed by atoms with Crippen LogP contribution in [0.25, 0.3) is 0 Å². The molecular formula is C20H20Cl2O6. The van der Waals surface area contributed by atoms with Crippen LogP contribution >= 0.6 is 23.2 Å². The Kier molecular flexibility index (Phi) is 6.20. The van der Waals surface area contributed by atoms with E-state index in [4.69, 9.17) is 42.1 Å². The molecule has 0 spiro atoms. The Labute approximate surface area is 172 Å². The normalized spacial score (nSPS) is 33.6. The van der Waals surface area contributed by atoms with Crippen molar-refractivity contribution in [2.24, 2.45) is 0 Å². The zero-order valence-corrected chi connectivity index (χ0v) is 16.3. The first-order valence-electron chi connectivity index (χ1n) is 8.92. The molecule has 2 N–H and O–H groups in total.